The minimum atomic E-state index is -0.0566. The number of halogens is 1. The van der Waals surface area contributed by atoms with Gasteiger partial charge in [0.25, 0.3) is 5.56 Å². The Bertz CT molecular complexity index is 421. The van der Waals surface area contributed by atoms with Crippen LogP contribution in [0.25, 0.3) is 5.69 Å². The van der Waals surface area contributed by atoms with E-state index in [9.17, 15) is 4.79 Å². The number of hydrogen-bond acceptors (Lipinski definition) is 2. The second-order valence-corrected chi connectivity index (χ2v) is 2.37. The maximum absolute atomic E-state index is 11.2. The normalized spacial score (nSPS) is 9.23. The van der Waals surface area contributed by atoms with Gasteiger partial charge in [0.05, 0.1) is 11.9 Å². The summed E-state index contributed by atoms with van der Waals surface area (Å²) in [6, 6.07) is 5.01. The summed E-state index contributed by atoms with van der Waals surface area (Å²) < 4.78 is 1.52. The highest BCUT2D eigenvalue weighted by Gasteiger charge is 1.96. The van der Waals surface area contributed by atoms with Gasteiger partial charge in [-0.2, -0.15) is 5.10 Å². The Balaban J connectivity index is 0.000000845. The lowest BCUT2D eigenvalue weighted by molar-refractivity contribution is 0.992. The molecule has 0 amide bonds. The summed E-state index contributed by atoms with van der Waals surface area (Å²) in [5, 5.41) is 6.40. The van der Waals surface area contributed by atoms with E-state index in [4.69, 9.17) is 0 Å². The van der Waals surface area contributed by atoms with Crippen LogP contribution in [-0.2, 0) is 0 Å². The summed E-state index contributed by atoms with van der Waals surface area (Å²) in [7, 11) is 0. The molecule has 0 atom stereocenters. The van der Waals surface area contributed by atoms with Crippen LogP contribution in [-0.4, -0.2) is 14.8 Å². The summed E-state index contributed by atoms with van der Waals surface area (Å²) in [5.41, 5.74) is 0.694. The SMILES string of the molecule is Cl.O=c1ccccn1-c1cn[nH]c1. The Morgan fingerprint density at radius 2 is 2.23 bits per heavy atom. The molecule has 2 rings (SSSR count). The first kappa shape index (κ1) is 9.54. The van der Waals surface area contributed by atoms with Gasteiger partial charge in [-0.3, -0.25) is 14.5 Å². The molecule has 5 heteroatoms. The molecule has 0 aliphatic rings. The van der Waals surface area contributed by atoms with Crippen molar-refractivity contribution < 1.29 is 0 Å². The molecule has 4 nitrogen and oxygen atoms in total. The Morgan fingerprint density at radius 3 is 2.85 bits per heavy atom. The Labute approximate surface area is 80.6 Å². The third kappa shape index (κ3) is 1.78. The second kappa shape index (κ2) is 3.91. The van der Waals surface area contributed by atoms with Crippen molar-refractivity contribution in [1.82, 2.24) is 14.8 Å². The van der Waals surface area contributed by atoms with Crippen molar-refractivity contribution in [3.05, 3.63) is 47.1 Å². The van der Waals surface area contributed by atoms with E-state index in [1.807, 2.05) is 0 Å². The van der Waals surface area contributed by atoms with Gasteiger partial charge in [-0.15, -0.1) is 12.4 Å². The van der Waals surface area contributed by atoms with E-state index in [-0.39, 0.29) is 18.0 Å². The van der Waals surface area contributed by atoms with Crippen LogP contribution in [0.1, 0.15) is 0 Å². The van der Waals surface area contributed by atoms with Crippen LogP contribution in [0.2, 0.25) is 0 Å². The van der Waals surface area contributed by atoms with Crippen LogP contribution in [0.3, 0.4) is 0 Å². The molecule has 0 radical (unpaired) electrons. The fourth-order valence-electron chi connectivity index (χ4n) is 1.02. The van der Waals surface area contributed by atoms with Crippen molar-refractivity contribution in [2.75, 3.05) is 0 Å². The number of H-pyrrole nitrogens is 1. The molecule has 0 spiro atoms. The first-order valence-corrected chi connectivity index (χ1v) is 3.55. The van der Waals surface area contributed by atoms with Crippen LogP contribution in [0.4, 0.5) is 0 Å². The largest absolute Gasteiger partial charge is 0.284 e. The van der Waals surface area contributed by atoms with E-state index >= 15 is 0 Å². The lowest BCUT2D eigenvalue weighted by Crippen LogP contribution is -2.14. The van der Waals surface area contributed by atoms with Crippen LogP contribution in [0.5, 0.6) is 0 Å². The molecule has 13 heavy (non-hydrogen) atoms. The molecule has 0 aromatic carbocycles. The molecule has 2 heterocycles. The molecule has 0 aliphatic heterocycles. The predicted molar refractivity (Wildman–Crippen MR) is 51.4 cm³/mol. The molecular formula is C8H8ClN3O. The van der Waals surface area contributed by atoms with Gasteiger partial charge in [0, 0.05) is 18.5 Å². The molecule has 1 N–H and O–H groups in total. The van der Waals surface area contributed by atoms with Gasteiger partial charge in [0.1, 0.15) is 0 Å². The highest BCUT2D eigenvalue weighted by atomic mass is 35.5. The van der Waals surface area contributed by atoms with E-state index in [0.29, 0.717) is 0 Å². The zero-order valence-corrected chi connectivity index (χ0v) is 7.49. The second-order valence-electron chi connectivity index (χ2n) is 2.37. The van der Waals surface area contributed by atoms with Crippen LogP contribution in [0, 0.1) is 0 Å². The lowest BCUT2D eigenvalue weighted by Gasteiger charge is -1.97. The number of aromatic amines is 1. The average molecular weight is 198 g/mol. The van der Waals surface area contributed by atoms with Crippen molar-refractivity contribution in [1.29, 1.82) is 0 Å². The van der Waals surface area contributed by atoms with E-state index in [1.165, 1.54) is 10.6 Å². The molecule has 0 bridgehead atoms. The molecule has 0 saturated carbocycles. The molecule has 2 aromatic heterocycles. The molecular weight excluding hydrogens is 190 g/mol. The van der Waals surface area contributed by atoms with Gasteiger partial charge in [-0.25, -0.2) is 0 Å². The Hall–Kier alpha value is -1.55. The zero-order chi connectivity index (χ0) is 8.39. The van der Waals surface area contributed by atoms with Gasteiger partial charge in [-0.1, -0.05) is 6.07 Å². The number of nitrogens with zero attached hydrogens (tertiary/aromatic N) is 2. The van der Waals surface area contributed by atoms with Crippen LogP contribution < -0.4 is 5.56 Å². The van der Waals surface area contributed by atoms with Crippen molar-refractivity contribution >= 4 is 12.4 Å². The number of hydrogen-bond donors (Lipinski definition) is 1. The number of aromatic nitrogens is 3. The first-order chi connectivity index (χ1) is 5.88. The Morgan fingerprint density at radius 1 is 1.38 bits per heavy atom. The average Bonchev–Trinajstić information content (AvgIpc) is 2.57. The van der Waals surface area contributed by atoms with Crippen molar-refractivity contribution in [3.63, 3.8) is 0 Å². The van der Waals surface area contributed by atoms with Crippen LogP contribution in [0.15, 0.2) is 41.6 Å². The summed E-state index contributed by atoms with van der Waals surface area (Å²) in [6.45, 7) is 0. The standard InChI is InChI=1S/C8H7N3O.ClH/c12-8-3-1-2-4-11(8)7-5-9-10-6-7;/h1-6H,(H,9,10);1H. The highest BCUT2D eigenvalue weighted by Crippen LogP contribution is 1.98. The summed E-state index contributed by atoms with van der Waals surface area (Å²) in [6.07, 6.45) is 4.97. The fourth-order valence-corrected chi connectivity index (χ4v) is 1.02. The van der Waals surface area contributed by atoms with Crippen molar-refractivity contribution in [2.45, 2.75) is 0 Å². The maximum Gasteiger partial charge on any atom is 0.255 e. The van der Waals surface area contributed by atoms with Gasteiger partial charge < -0.3 is 0 Å². The van der Waals surface area contributed by atoms with Gasteiger partial charge in [0.15, 0.2) is 0 Å². The predicted octanol–water partition coefficient (Wildman–Crippen LogP) is 0.982. The maximum atomic E-state index is 11.2. The minimum Gasteiger partial charge on any atom is -0.284 e. The lowest BCUT2D eigenvalue weighted by atomic mass is 10.4. The van der Waals surface area contributed by atoms with E-state index in [1.54, 1.807) is 30.7 Å². The van der Waals surface area contributed by atoms with E-state index in [2.05, 4.69) is 10.2 Å². The molecule has 2 aromatic rings. The fraction of sp³-hybridized carbons (Fsp3) is 0. The van der Waals surface area contributed by atoms with Crippen molar-refractivity contribution in [3.8, 4) is 5.69 Å². The summed E-state index contributed by atoms with van der Waals surface area (Å²) >= 11 is 0. The quantitative estimate of drug-likeness (QED) is 0.741. The molecule has 0 unspecified atom stereocenters. The monoisotopic (exact) mass is 197 g/mol. The van der Waals surface area contributed by atoms with E-state index < -0.39 is 0 Å². The van der Waals surface area contributed by atoms with Crippen LogP contribution >= 0.6 is 12.4 Å². The molecule has 0 aliphatic carbocycles. The third-order valence-corrected chi connectivity index (χ3v) is 1.58. The molecule has 68 valence electrons. The Kier molecular flexibility index (Phi) is 2.87. The zero-order valence-electron chi connectivity index (χ0n) is 6.68. The molecule has 0 saturated heterocycles. The minimum absolute atomic E-state index is 0. The summed E-state index contributed by atoms with van der Waals surface area (Å²) in [4.78, 5) is 11.2. The summed E-state index contributed by atoms with van der Waals surface area (Å²) in [5.74, 6) is 0. The smallest absolute Gasteiger partial charge is 0.255 e. The highest BCUT2D eigenvalue weighted by molar-refractivity contribution is 5.85. The topological polar surface area (TPSA) is 50.7 Å². The number of rotatable bonds is 1. The number of nitrogens with one attached hydrogen (secondary N) is 1. The third-order valence-electron chi connectivity index (χ3n) is 1.58. The molecule has 0 fully saturated rings. The van der Waals surface area contributed by atoms with E-state index in [0.717, 1.165) is 5.69 Å². The van der Waals surface area contributed by atoms with Gasteiger partial charge in [0.2, 0.25) is 0 Å². The van der Waals surface area contributed by atoms with Gasteiger partial charge in [-0.05, 0) is 6.07 Å². The van der Waals surface area contributed by atoms with Gasteiger partial charge >= 0.3 is 0 Å². The van der Waals surface area contributed by atoms with Crippen molar-refractivity contribution in [2.24, 2.45) is 0 Å². The first-order valence-electron chi connectivity index (χ1n) is 3.55. The number of pyridine rings is 1.